The van der Waals surface area contributed by atoms with Gasteiger partial charge in [0, 0.05) is 18.8 Å². The summed E-state index contributed by atoms with van der Waals surface area (Å²) in [6.45, 7) is 3.43. The Bertz CT molecular complexity index is 400. The van der Waals surface area contributed by atoms with Gasteiger partial charge >= 0.3 is 5.97 Å². The molecule has 0 bridgehead atoms. The van der Waals surface area contributed by atoms with Crippen molar-refractivity contribution in [3.8, 4) is 0 Å². The molecule has 0 atom stereocenters. The maximum absolute atomic E-state index is 10.8. The van der Waals surface area contributed by atoms with Crippen molar-refractivity contribution in [3.05, 3.63) is 29.8 Å². The fourth-order valence-electron chi connectivity index (χ4n) is 2.00. The van der Waals surface area contributed by atoms with Gasteiger partial charge in [-0.05, 0) is 24.6 Å². The van der Waals surface area contributed by atoms with Gasteiger partial charge in [-0.3, -0.25) is 4.79 Å². The first-order chi connectivity index (χ1) is 7.60. The number of aliphatic carboxylic acids is 1. The molecule has 4 nitrogen and oxygen atoms in total. The molecule has 3 N–H and O–H groups in total. The zero-order chi connectivity index (χ0) is 11.6. The minimum Gasteiger partial charge on any atom is -0.481 e. The van der Waals surface area contributed by atoms with Crippen LogP contribution < -0.4 is 10.6 Å². The maximum Gasteiger partial charge on any atom is 0.305 e. The predicted octanol–water partition coefficient (Wildman–Crippen LogP) is 1.22. The van der Waals surface area contributed by atoms with Gasteiger partial charge in [0.15, 0.2) is 0 Å². The van der Waals surface area contributed by atoms with Crippen molar-refractivity contribution in [3.63, 3.8) is 0 Å². The normalized spacial score (nSPS) is 17.6. The number of anilines is 1. The molecule has 16 heavy (non-hydrogen) atoms. The lowest BCUT2D eigenvalue weighted by Gasteiger charge is -2.43. The molecule has 1 saturated heterocycles. The number of aryl methyl sites for hydroxylation is 1. The van der Waals surface area contributed by atoms with Crippen molar-refractivity contribution in [2.75, 3.05) is 18.4 Å². The van der Waals surface area contributed by atoms with E-state index < -0.39 is 5.97 Å². The lowest BCUT2D eigenvalue weighted by atomic mass is 9.88. The molecule has 1 aliphatic rings. The highest BCUT2D eigenvalue weighted by Crippen LogP contribution is 2.23. The highest BCUT2D eigenvalue weighted by atomic mass is 16.4. The molecule has 4 heteroatoms. The van der Waals surface area contributed by atoms with Gasteiger partial charge in [-0.2, -0.15) is 0 Å². The Morgan fingerprint density at radius 3 is 2.81 bits per heavy atom. The zero-order valence-corrected chi connectivity index (χ0v) is 9.29. The van der Waals surface area contributed by atoms with Crippen molar-refractivity contribution in [1.82, 2.24) is 5.32 Å². The van der Waals surface area contributed by atoms with Gasteiger partial charge in [0.25, 0.3) is 0 Å². The van der Waals surface area contributed by atoms with Crippen molar-refractivity contribution in [2.45, 2.75) is 18.9 Å². The molecule has 1 fully saturated rings. The number of carboxylic acid groups (broad SMARTS) is 1. The number of hydrogen-bond acceptors (Lipinski definition) is 3. The topological polar surface area (TPSA) is 61.4 Å². The van der Waals surface area contributed by atoms with E-state index in [0.717, 1.165) is 5.69 Å². The first-order valence-electron chi connectivity index (χ1n) is 5.37. The van der Waals surface area contributed by atoms with E-state index in [1.54, 1.807) is 0 Å². The molecule has 0 unspecified atom stereocenters. The van der Waals surface area contributed by atoms with Crippen LogP contribution in [-0.4, -0.2) is 29.7 Å². The second-order valence-corrected chi connectivity index (χ2v) is 4.45. The maximum atomic E-state index is 10.8. The van der Waals surface area contributed by atoms with Gasteiger partial charge in [-0.1, -0.05) is 12.1 Å². The highest BCUT2D eigenvalue weighted by molar-refractivity contribution is 5.70. The van der Waals surface area contributed by atoms with Crippen molar-refractivity contribution in [1.29, 1.82) is 0 Å². The molecule has 1 heterocycles. The van der Waals surface area contributed by atoms with Crippen LogP contribution in [0.5, 0.6) is 0 Å². The summed E-state index contributed by atoms with van der Waals surface area (Å²) in [6.07, 6.45) is 0.147. The Morgan fingerprint density at radius 2 is 2.31 bits per heavy atom. The van der Waals surface area contributed by atoms with Crippen LogP contribution in [0.4, 0.5) is 5.69 Å². The Morgan fingerprint density at radius 1 is 1.56 bits per heavy atom. The van der Waals surface area contributed by atoms with E-state index in [2.05, 4.69) is 10.6 Å². The van der Waals surface area contributed by atoms with Gasteiger partial charge in [-0.15, -0.1) is 0 Å². The number of rotatable bonds is 4. The van der Waals surface area contributed by atoms with Gasteiger partial charge in [0.05, 0.1) is 12.0 Å². The van der Waals surface area contributed by atoms with Crippen molar-refractivity contribution >= 4 is 11.7 Å². The monoisotopic (exact) mass is 220 g/mol. The number of benzene rings is 1. The molecule has 0 aromatic heterocycles. The lowest BCUT2D eigenvalue weighted by molar-refractivity contribution is -0.138. The van der Waals surface area contributed by atoms with Crippen LogP contribution in [0.2, 0.25) is 0 Å². The molecule has 0 aliphatic carbocycles. The molecule has 0 radical (unpaired) electrons. The highest BCUT2D eigenvalue weighted by Gasteiger charge is 2.38. The molecule has 86 valence electrons. The average molecular weight is 220 g/mol. The third-order valence-corrected chi connectivity index (χ3v) is 2.84. The quantitative estimate of drug-likeness (QED) is 0.714. The SMILES string of the molecule is Cc1cccc(NC2(CC(=O)O)CNC2)c1. The largest absolute Gasteiger partial charge is 0.481 e. The third kappa shape index (κ3) is 2.33. The summed E-state index contributed by atoms with van der Waals surface area (Å²) in [4.78, 5) is 10.8. The van der Waals surface area contributed by atoms with Crippen molar-refractivity contribution in [2.24, 2.45) is 0 Å². The van der Waals surface area contributed by atoms with Gasteiger partial charge in [0.1, 0.15) is 0 Å². The third-order valence-electron chi connectivity index (χ3n) is 2.84. The summed E-state index contributed by atoms with van der Waals surface area (Å²) in [5.74, 6) is -0.762. The summed E-state index contributed by atoms with van der Waals surface area (Å²) in [5.41, 5.74) is 1.84. The van der Waals surface area contributed by atoms with Crippen molar-refractivity contribution < 1.29 is 9.90 Å². The van der Waals surface area contributed by atoms with Crippen LogP contribution in [0.1, 0.15) is 12.0 Å². The average Bonchev–Trinajstić information content (AvgIpc) is 2.13. The van der Waals surface area contributed by atoms with Crippen LogP contribution in [-0.2, 0) is 4.79 Å². The summed E-state index contributed by atoms with van der Waals surface area (Å²) in [6, 6.07) is 7.99. The molecule has 1 aliphatic heterocycles. The van der Waals surface area contributed by atoms with Gasteiger partial charge in [0.2, 0.25) is 0 Å². The van der Waals surface area contributed by atoms with E-state index in [-0.39, 0.29) is 12.0 Å². The van der Waals surface area contributed by atoms with Crippen LogP contribution in [0, 0.1) is 6.92 Å². The van der Waals surface area contributed by atoms with Crippen LogP contribution in [0.25, 0.3) is 0 Å². The second kappa shape index (κ2) is 4.14. The van der Waals surface area contributed by atoms with Gasteiger partial charge in [-0.25, -0.2) is 0 Å². The minimum atomic E-state index is -0.762. The molecule has 1 aromatic rings. The molecule has 2 rings (SSSR count). The number of carboxylic acids is 1. The first kappa shape index (κ1) is 11.0. The van der Waals surface area contributed by atoms with E-state index in [9.17, 15) is 4.79 Å². The Kier molecular flexibility index (Phi) is 2.83. The van der Waals surface area contributed by atoms with Crippen LogP contribution in [0.3, 0.4) is 0 Å². The molecule has 0 spiro atoms. The van der Waals surface area contributed by atoms with E-state index >= 15 is 0 Å². The molecule has 0 amide bonds. The lowest BCUT2D eigenvalue weighted by Crippen LogP contribution is -2.65. The first-order valence-corrected chi connectivity index (χ1v) is 5.37. The fraction of sp³-hybridized carbons (Fsp3) is 0.417. The second-order valence-electron chi connectivity index (χ2n) is 4.45. The van der Waals surface area contributed by atoms with E-state index in [1.165, 1.54) is 5.56 Å². The Hall–Kier alpha value is -1.55. The smallest absolute Gasteiger partial charge is 0.305 e. The van der Waals surface area contributed by atoms with Gasteiger partial charge < -0.3 is 15.7 Å². The number of hydrogen-bond donors (Lipinski definition) is 3. The van der Waals surface area contributed by atoms with Crippen LogP contribution >= 0.6 is 0 Å². The standard InChI is InChI=1S/C12H16N2O2/c1-9-3-2-4-10(5-9)14-12(6-11(15)16)7-13-8-12/h2-5,13-14H,6-8H2,1H3,(H,15,16). The predicted molar refractivity (Wildman–Crippen MR) is 62.7 cm³/mol. The minimum absolute atomic E-state index is 0.147. The summed E-state index contributed by atoms with van der Waals surface area (Å²) in [7, 11) is 0. The Labute approximate surface area is 94.7 Å². The molecular formula is C12H16N2O2. The summed E-state index contributed by atoms with van der Waals surface area (Å²) < 4.78 is 0. The fourth-order valence-corrected chi connectivity index (χ4v) is 2.00. The van der Waals surface area contributed by atoms with E-state index in [0.29, 0.717) is 13.1 Å². The summed E-state index contributed by atoms with van der Waals surface area (Å²) in [5, 5.41) is 15.3. The molecular weight excluding hydrogens is 204 g/mol. The van der Waals surface area contributed by atoms with E-state index in [1.807, 2.05) is 31.2 Å². The van der Waals surface area contributed by atoms with E-state index in [4.69, 9.17) is 5.11 Å². The summed E-state index contributed by atoms with van der Waals surface area (Å²) >= 11 is 0. The zero-order valence-electron chi connectivity index (χ0n) is 9.29. The number of carbonyl (C=O) groups is 1. The van der Waals surface area contributed by atoms with Crippen LogP contribution in [0.15, 0.2) is 24.3 Å². The Balaban J connectivity index is 2.09. The molecule has 0 saturated carbocycles. The number of nitrogens with one attached hydrogen (secondary N) is 2. The molecule has 1 aromatic carbocycles.